The Hall–Kier alpha value is -7.63. The molecule has 0 aliphatic carbocycles. The molecule has 0 atom stereocenters. The van der Waals surface area contributed by atoms with Crippen molar-refractivity contribution < 1.29 is 13.2 Å². The minimum Gasteiger partial charge on any atom is -0.311 e. The Kier molecular flexibility index (Phi) is 9.34. The van der Waals surface area contributed by atoms with Crippen LogP contribution < -0.4 is 4.90 Å². The van der Waals surface area contributed by atoms with Crippen LogP contribution in [0.4, 0.5) is 30.2 Å². The number of fused-ring (bicyclic) bond motifs is 3. The molecule has 5 heteroatoms. The molecule has 288 valence electrons. The van der Waals surface area contributed by atoms with E-state index < -0.39 is 11.7 Å². The molecule has 9 aromatic carbocycles. The minimum atomic E-state index is -4.38. The Labute approximate surface area is 346 Å². The van der Waals surface area contributed by atoms with E-state index in [1.807, 2.05) is 30.3 Å². The van der Waals surface area contributed by atoms with E-state index in [2.05, 4.69) is 179 Å². The van der Waals surface area contributed by atoms with Crippen LogP contribution in [0.1, 0.15) is 5.56 Å². The molecule has 10 aromatic rings. The summed E-state index contributed by atoms with van der Waals surface area (Å²) in [5.74, 6) is 0. The van der Waals surface area contributed by atoms with Crippen LogP contribution in [-0.4, -0.2) is 4.57 Å². The summed E-state index contributed by atoms with van der Waals surface area (Å²) in [5, 5.41) is 2.45. The zero-order valence-electron chi connectivity index (χ0n) is 32.4. The monoisotopic (exact) mass is 782 g/mol. The Morgan fingerprint density at radius 3 is 1.17 bits per heavy atom. The van der Waals surface area contributed by atoms with E-state index in [4.69, 9.17) is 0 Å². The molecular weight excluding hydrogens is 746 g/mol. The third-order valence-electron chi connectivity index (χ3n) is 11.2. The van der Waals surface area contributed by atoms with E-state index in [1.165, 1.54) is 39.5 Å². The highest BCUT2D eigenvalue weighted by atomic mass is 19.4. The molecule has 0 N–H and O–H groups in total. The number of nitrogens with zero attached hydrogens (tertiary/aromatic N) is 2. The van der Waals surface area contributed by atoms with Crippen LogP contribution in [0.25, 0.3) is 72.0 Å². The van der Waals surface area contributed by atoms with Crippen molar-refractivity contribution in [2.24, 2.45) is 0 Å². The van der Waals surface area contributed by atoms with Crippen LogP contribution in [0.2, 0.25) is 0 Å². The summed E-state index contributed by atoms with van der Waals surface area (Å²) in [4.78, 5) is 2.21. The molecule has 0 unspecified atom stereocenters. The average Bonchev–Trinajstić information content (AvgIpc) is 3.64. The molecule has 0 aliphatic heterocycles. The van der Waals surface area contributed by atoms with E-state index in [1.54, 1.807) is 0 Å². The van der Waals surface area contributed by atoms with Gasteiger partial charge in [-0.1, -0.05) is 146 Å². The van der Waals surface area contributed by atoms with Gasteiger partial charge in [-0.25, -0.2) is 0 Å². The summed E-state index contributed by atoms with van der Waals surface area (Å²) in [7, 11) is 0. The zero-order valence-corrected chi connectivity index (χ0v) is 32.4. The fraction of sp³-hybridized carbons (Fsp3) is 0.0182. The Morgan fingerprint density at radius 1 is 0.317 bits per heavy atom. The summed E-state index contributed by atoms with van der Waals surface area (Å²) in [5.41, 5.74) is 13.9. The van der Waals surface area contributed by atoms with E-state index in [0.29, 0.717) is 0 Å². The molecule has 0 amide bonds. The lowest BCUT2D eigenvalue weighted by Crippen LogP contribution is -2.09. The lowest BCUT2D eigenvalue weighted by atomic mass is 9.98. The molecule has 10 rings (SSSR count). The number of benzene rings is 9. The van der Waals surface area contributed by atoms with Crippen molar-refractivity contribution in [2.45, 2.75) is 6.18 Å². The third kappa shape index (κ3) is 7.01. The standard InChI is InChI=1S/C55H37F3N2/c56-55(57,58)46-28-20-39(21-29-46)40-22-30-47(31-23-40)59(48-32-24-41(25-33-48)44-13-8-12-43(36-44)38-10-2-1-3-11-38)49-34-26-42(27-35-49)45-14-9-15-50(37-45)60-53-18-6-4-16-51(53)52-17-5-7-19-54(52)60/h1-37H. The molecule has 0 saturated heterocycles. The molecule has 0 saturated carbocycles. The molecule has 0 bridgehead atoms. The summed E-state index contributed by atoms with van der Waals surface area (Å²) in [6.07, 6.45) is -4.38. The lowest BCUT2D eigenvalue weighted by molar-refractivity contribution is -0.137. The second kappa shape index (κ2) is 15.3. The average molecular weight is 783 g/mol. The van der Waals surface area contributed by atoms with Gasteiger partial charge >= 0.3 is 6.18 Å². The fourth-order valence-corrected chi connectivity index (χ4v) is 8.24. The smallest absolute Gasteiger partial charge is 0.311 e. The second-order valence-corrected chi connectivity index (χ2v) is 14.9. The highest BCUT2D eigenvalue weighted by Crippen LogP contribution is 2.39. The van der Waals surface area contributed by atoms with E-state index >= 15 is 0 Å². The molecule has 0 radical (unpaired) electrons. The van der Waals surface area contributed by atoms with Crippen molar-refractivity contribution in [2.75, 3.05) is 4.90 Å². The SMILES string of the molecule is FC(F)(F)c1ccc(-c2ccc(N(c3ccc(-c4cccc(-c5ccccc5)c4)cc3)c3ccc(-c4cccc(-n5c6ccccc6c6ccccc65)c4)cc3)cc2)cc1. The molecule has 60 heavy (non-hydrogen) atoms. The van der Waals surface area contributed by atoms with E-state index in [0.717, 1.165) is 73.8 Å². The maximum atomic E-state index is 13.3. The van der Waals surface area contributed by atoms with Crippen molar-refractivity contribution in [3.8, 4) is 50.2 Å². The van der Waals surface area contributed by atoms with Gasteiger partial charge in [-0.3, -0.25) is 0 Å². The largest absolute Gasteiger partial charge is 0.416 e. The first-order chi connectivity index (χ1) is 29.4. The van der Waals surface area contributed by atoms with Gasteiger partial charge in [-0.05, 0) is 123 Å². The molecule has 0 spiro atoms. The van der Waals surface area contributed by atoms with Gasteiger partial charge in [0, 0.05) is 33.5 Å². The van der Waals surface area contributed by atoms with Gasteiger partial charge in [-0.2, -0.15) is 13.2 Å². The first-order valence-electron chi connectivity index (χ1n) is 19.9. The van der Waals surface area contributed by atoms with Crippen LogP contribution in [-0.2, 0) is 6.18 Å². The predicted molar refractivity (Wildman–Crippen MR) is 242 cm³/mol. The Balaban J connectivity index is 1.00. The fourth-order valence-electron chi connectivity index (χ4n) is 8.24. The van der Waals surface area contributed by atoms with Gasteiger partial charge in [0.25, 0.3) is 0 Å². The highest BCUT2D eigenvalue weighted by molar-refractivity contribution is 6.09. The Bertz CT molecular complexity index is 3040. The second-order valence-electron chi connectivity index (χ2n) is 14.9. The molecular formula is C55H37F3N2. The predicted octanol–water partition coefficient (Wildman–Crippen LogP) is 15.9. The van der Waals surface area contributed by atoms with Gasteiger partial charge in [0.15, 0.2) is 0 Å². The van der Waals surface area contributed by atoms with Crippen molar-refractivity contribution in [3.63, 3.8) is 0 Å². The number of hydrogen-bond donors (Lipinski definition) is 0. The van der Waals surface area contributed by atoms with Crippen LogP contribution in [0.15, 0.2) is 224 Å². The number of alkyl halides is 3. The van der Waals surface area contributed by atoms with Crippen LogP contribution >= 0.6 is 0 Å². The highest BCUT2D eigenvalue weighted by Gasteiger charge is 2.30. The van der Waals surface area contributed by atoms with Gasteiger partial charge < -0.3 is 9.47 Å². The lowest BCUT2D eigenvalue weighted by Gasteiger charge is -2.26. The van der Waals surface area contributed by atoms with Crippen molar-refractivity contribution in [3.05, 3.63) is 230 Å². The molecule has 1 aromatic heterocycles. The number of halogens is 3. The van der Waals surface area contributed by atoms with E-state index in [9.17, 15) is 13.2 Å². The van der Waals surface area contributed by atoms with Crippen molar-refractivity contribution in [1.82, 2.24) is 4.57 Å². The van der Waals surface area contributed by atoms with Crippen LogP contribution in [0.5, 0.6) is 0 Å². The van der Waals surface area contributed by atoms with Gasteiger partial charge in [0.2, 0.25) is 0 Å². The topological polar surface area (TPSA) is 8.17 Å². The molecule has 0 fully saturated rings. The first kappa shape index (κ1) is 36.7. The van der Waals surface area contributed by atoms with Gasteiger partial charge in [0.05, 0.1) is 16.6 Å². The zero-order chi connectivity index (χ0) is 40.6. The van der Waals surface area contributed by atoms with Gasteiger partial charge in [-0.15, -0.1) is 0 Å². The quantitative estimate of drug-likeness (QED) is 0.149. The minimum absolute atomic E-state index is 0.661. The van der Waals surface area contributed by atoms with Crippen LogP contribution in [0, 0.1) is 0 Å². The number of rotatable bonds is 8. The number of hydrogen-bond acceptors (Lipinski definition) is 1. The normalized spacial score (nSPS) is 11.6. The molecule has 0 aliphatic rings. The third-order valence-corrected chi connectivity index (χ3v) is 11.2. The number of para-hydroxylation sites is 2. The number of anilines is 3. The van der Waals surface area contributed by atoms with Crippen LogP contribution in [0.3, 0.4) is 0 Å². The maximum absolute atomic E-state index is 13.3. The number of aromatic nitrogens is 1. The maximum Gasteiger partial charge on any atom is 0.416 e. The van der Waals surface area contributed by atoms with Crippen molar-refractivity contribution in [1.29, 1.82) is 0 Å². The van der Waals surface area contributed by atoms with Gasteiger partial charge in [0.1, 0.15) is 0 Å². The molecule has 2 nitrogen and oxygen atoms in total. The summed E-state index contributed by atoms with van der Waals surface area (Å²) >= 11 is 0. The van der Waals surface area contributed by atoms with E-state index in [-0.39, 0.29) is 0 Å². The summed E-state index contributed by atoms with van der Waals surface area (Å²) in [6.45, 7) is 0. The molecule has 1 heterocycles. The van der Waals surface area contributed by atoms with Crippen molar-refractivity contribution >= 4 is 38.9 Å². The summed E-state index contributed by atoms with van der Waals surface area (Å²) in [6, 6.07) is 75.2. The summed E-state index contributed by atoms with van der Waals surface area (Å²) < 4.78 is 42.2. The first-order valence-corrected chi connectivity index (χ1v) is 19.9. The Morgan fingerprint density at radius 2 is 0.683 bits per heavy atom.